The SMILES string of the molecule is CCNC1CCC(S(=O)(=O)O)CC1OC(C)=O. The van der Waals surface area contributed by atoms with E-state index in [2.05, 4.69) is 5.32 Å². The molecular formula is C10H19NO5S. The summed E-state index contributed by atoms with van der Waals surface area (Å²) >= 11 is 0. The second kappa shape index (κ2) is 5.79. The van der Waals surface area contributed by atoms with Crippen LogP contribution >= 0.6 is 0 Å². The minimum atomic E-state index is -4.05. The molecule has 1 fully saturated rings. The fourth-order valence-corrected chi connectivity index (χ4v) is 3.07. The van der Waals surface area contributed by atoms with Crippen molar-refractivity contribution >= 4 is 16.1 Å². The van der Waals surface area contributed by atoms with Gasteiger partial charge in [0.15, 0.2) is 0 Å². The molecule has 1 rings (SSSR count). The molecule has 0 aromatic heterocycles. The molecule has 6 nitrogen and oxygen atoms in total. The van der Waals surface area contributed by atoms with Gasteiger partial charge in [-0.15, -0.1) is 0 Å². The number of carbonyl (C=O) groups excluding carboxylic acids is 1. The third-order valence-electron chi connectivity index (χ3n) is 2.95. The van der Waals surface area contributed by atoms with Gasteiger partial charge in [0.2, 0.25) is 0 Å². The highest BCUT2D eigenvalue weighted by Gasteiger charge is 2.37. The summed E-state index contributed by atoms with van der Waals surface area (Å²) in [6.45, 7) is 3.94. The van der Waals surface area contributed by atoms with Crippen LogP contribution in [-0.2, 0) is 19.6 Å². The van der Waals surface area contributed by atoms with E-state index < -0.39 is 27.4 Å². The number of nitrogens with one attached hydrogen (secondary N) is 1. The van der Waals surface area contributed by atoms with E-state index >= 15 is 0 Å². The summed E-state index contributed by atoms with van der Waals surface area (Å²) in [5.41, 5.74) is 0. The van der Waals surface area contributed by atoms with Crippen LogP contribution in [0.15, 0.2) is 0 Å². The van der Waals surface area contributed by atoms with Crippen LogP contribution in [0.3, 0.4) is 0 Å². The van der Waals surface area contributed by atoms with Gasteiger partial charge in [-0.25, -0.2) is 0 Å². The van der Waals surface area contributed by atoms with Crippen LogP contribution in [0.1, 0.15) is 33.1 Å². The molecule has 0 bridgehead atoms. The molecule has 1 saturated carbocycles. The molecule has 0 aliphatic heterocycles. The number of rotatable bonds is 4. The van der Waals surface area contributed by atoms with E-state index in [9.17, 15) is 13.2 Å². The Labute approximate surface area is 101 Å². The fraction of sp³-hybridized carbons (Fsp3) is 0.900. The highest BCUT2D eigenvalue weighted by Crippen LogP contribution is 2.26. The average molecular weight is 265 g/mol. The molecule has 0 heterocycles. The molecule has 1 aliphatic carbocycles. The van der Waals surface area contributed by atoms with Crippen molar-refractivity contribution in [1.82, 2.24) is 5.32 Å². The average Bonchev–Trinajstić information content (AvgIpc) is 2.18. The van der Waals surface area contributed by atoms with Gasteiger partial charge in [-0.3, -0.25) is 9.35 Å². The van der Waals surface area contributed by atoms with Crippen molar-refractivity contribution in [2.45, 2.75) is 50.5 Å². The first-order chi connectivity index (χ1) is 7.84. The summed E-state index contributed by atoms with van der Waals surface area (Å²) in [6.07, 6.45) is 0.605. The number of carbonyl (C=O) groups is 1. The van der Waals surface area contributed by atoms with E-state index in [-0.39, 0.29) is 12.5 Å². The van der Waals surface area contributed by atoms with Gasteiger partial charge in [-0.2, -0.15) is 8.42 Å². The van der Waals surface area contributed by atoms with E-state index in [1.54, 1.807) is 0 Å². The quantitative estimate of drug-likeness (QED) is 0.562. The van der Waals surface area contributed by atoms with E-state index in [0.717, 1.165) is 6.54 Å². The molecule has 3 unspecified atom stereocenters. The van der Waals surface area contributed by atoms with Crippen molar-refractivity contribution in [3.8, 4) is 0 Å². The topological polar surface area (TPSA) is 92.7 Å². The van der Waals surface area contributed by atoms with Gasteiger partial charge in [0.05, 0.1) is 5.25 Å². The van der Waals surface area contributed by atoms with Crippen molar-refractivity contribution in [2.24, 2.45) is 0 Å². The molecule has 100 valence electrons. The Morgan fingerprint density at radius 3 is 2.59 bits per heavy atom. The Morgan fingerprint density at radius 2 is 2.12 bits per heavy atom. The second-order valence-corrected chi connectivity index (χ2v) is 5.96. The Morgan fingerprint density at radius 1 is 1.47 bits per heavy atom. The standard InChI is InChI=1S/C10H19NO5S/c1-3-11-9-5-4-8(17(13,14)15)6-10(9)16-7(2)12/h8-11H,3-6H2,1-2H3,(H,13,14,15). The van der Waals surface area contributed by atoms with Crippen molar-refractivity contribution in [3.05, 3.63) is 0 Å². The zero-order chi connectivity index (χ0) is 13.1. The van der Waals surface area contributed by atoms with E-state index in [1.807, 2.05) is 6.92 Å². The first-order valence-electron chi connectivity index (χ1n) is 5.71. The van der Waals surface area contributed by atoms with Gasteiger partial charge in [-0.1, -0.05) is 6.92 Å². The molecule has 2 N–H and O–H groups in total. The molecule has 1 aliphatic rings. The highest BCUT2D eigenvalue weighted by atomic mass is 32.2. The van der Waals surface area contributed by atoms with Crippen LogP contribution in [0, 0.1) is 0 Å². The maximum atomic E-state index is 11.1. The summed E-state index contributed by atoms with van der Waals surface area (Å²) in [4.78, 5) is 11.0. The Hall–Kier alpha value is -0.660. The zero-order valence-corrected chi connectivity index (χ0v) is 10.9. The highest BCUT2D eigenvalue weighted by molar-refractivity contribution is 7.86. The molecule has 0 saturated heterocycles. The molecule has 3 atom stereocenters. The lowest BCUT2D eigenvalue weighted by Crippen LogP contribution is -2.48. The van der Waals surface area contributed by atoms with Crippen molar-refractivity contribution in [1.29, 1.82) is 0 Å². The van der Waals surface area contributed by atoms with E-state index in [1.165, 1.54) is 6.92 Å². The van der Waals surface area contributed by atoms with Crippen molar-refractivity contribution < 1.29 is 22.5 Å². The predicted octanol–water partition coefficient (Wildman–Crippen LogP) is 0.337. The number of hydrogen-bond acceptors (Lipinski definition) is 5. The monoisotopic (exact) mass is 265 g/mol. The number of likely N-dealkylation sites (N-methyl/N-ethyl adjacent to an activating group) is 1. The van der Waals surface area contributed by atoms with Gasteiger partial charge in [0.1, 0.15) is 6.10 Å². The molecule has 0 radical (unpaired) electrons. The Bertz CT molecular complexity index is 367. The Kier molecular flexibility index (Phi) is 4.91. The molecule has 17 heavy (non-hydrogen) atoms. The number of hydrogen-bond donors (Lipinski definition) is 2. The van der Waals surface area contributed by atoms with Crippen LogP contribution < -0.4 is 5.32 Å². The van der Waals surface area contributed by atoms with E-state index in [0.29, 0.717) is 12.8 Å². The smallest absolute Gasteiger partial charge is 0.302 e. The normalized spacial score (nSPS) is 29.9. The summed E-state index contributed by atoms with van der Waals surface area (Å²) in [5.74, 6) is -0.436. The largest absolute Gasteiger partial charge is 0.461 e. The predicted molar refractivity (Wildman–Crippen MR) is 62.2 cm³/mol. The summed E-state index contributed by atoms with van der Waals surface area (Å²) in [7, 11) is -4.05. The van der Waals surface area contributed by atoms with E-state index in [4.69, 9.17) is 9.29 Å². The summed E-state index contributed by atoms with van der Waals surface area (Å²) in [6, 6.07) is -0.0399. The number of ether oxygens (including phenoxy) is 1. The third kappa shape index (κ3) is 4.25. The van der Waals surface area contributed by atoms with Crippen LogP contribution in [0.25, 0.3) is 0 Å². The van der Waals surface area contributed by atoms with Gasteiger partial charge < -0.3 is 10.1 Å². The summed E-state index contributed by atoms with van der Waals surface area (Å²) in [5, 5.41) is 2.33. The molecule has 0 aromatic rings. The van der Waals surface area contributed by atoms with Crippen LogP contribution in [0.4, 0.5) is 0 Å². The van der Waals surface area contributed by atoms with Gasteiger partial charge in [0, 0.05) is 19.4 Å². The number of esters is 1. The molecular weight excluding hydrogens is 246 g/mol. The molecule has 0 spiro atoms. The van der Waals surface area contributed by atoms with Gasteiger partial charge in [0.25, 0.3) is 10.1 Å². The summed E-state index contributed by atoms with van der Waals surface area (Å²) < 4.78 is 36.3. The lowest BCUT2D eigenvalue weighted by atomic mass is 9.92. The third-order valence-corrected chi connectivity index (χ3v) is 4.22. The molecule has 0 amide bonds. The molecule has 7 heteroatoms. The minimum absolute atomic E-state index is 0.0399. The van der Waals surface area contributed by atoms with Crippen molar-refractivity contribution in [3.63, 3.8) is 0 Å². The van der Waals surface area contributed by atoms with Crippen molar-refractivity contribution in [2.75, 3.05) is 6.54 Å². The zero-order valence-electron chi connectivity index (χ0n) is 10.0. The lowest BCUT2D eigenvalue weighted by Gasteiger charge is -2.34. The minimum Gasteiger partial charge on any atom is -0.461 e. The van der Waals surface area contributed by atoms with Crippen LogP contribution in [-0.4, -0.2) is 42.9 Å². The van der Waals surface area contributed by atoms with Crippen LogP contribution in [0.5, 0.6) is 0 Å². The second-order valence-electron chi connectivity index (χ2n) is 4.26. The molecule has 0 aromatic carbocycles. The Balaban J connectivity index is 2.72. The maximum absolute atomic E-state index is 11.1. The fourth-order valence-electron chi connectivity index (χ4n) is 2.20. The van der Waals surface area contributed by atoms with Gasteiger partial charge >= 0.3 is 5.97 Å². The first-order valence-corrected chi connectivity index (χ1v) is 7.21. The maximum Gasteiger partial charge on any atom is 0.302 e. The first kappa shape index (κ1) is 14.4. The van der Waals surface area contributed by atoms with Crippen LogP contribution in [0.2, 0.25) is 0 Å². The lowest BCUT2D eigenvalue weighted by molar-refractivity contribution is -0.149. The van der Waals surface area contributed by atoms with Gasteiger partial charge in [-0.05, 0) is 19.4 Å².